The van der Waals surface area contributed by atoms with Crippen LogP contribution in [0.15, 0.2) is 264 Å². The third-order valence-electron chi connectivity index (χ3n) is 14.2. The number of para-hydroxylation sites is 6. The predicted molar refractivity (Wildman–Crippen MR) is 299 cm³/mol. The lowest BCUT2D eigenvalue weighted by molar-refractivity contribution is 0.529. The maximum Gasteiger partial charge on any atom is 0.137 e. The first kappa shape index (κ1) is 41.5. The molecule has 1 aliphatic rings. The van der Waals surface area contributed by atoms with Gasteiger partial charge in [-0.1, -0.05) is 127 Å². The topological polar surface area (TPSA) is 40.9 Å². The molecule has 0 spiro atoms. The van der Waals surface area contributed by atoms with Crippen molar-refractivity contribution >= 4 is 106 Å². The van der Waals surface area contributed by atoms with Gasteiger partial charge in [-0.3, -0.25) is 0 Å². The van der Waals surface area contributed by atoms with Crippen molar-refractivity contribution in [3.05, 3.63) is 266 Å². The number of anilines is 8. The van der Waals surface area contributed by atoms with Crippen LogP contribution in [0.25, 0.3) is 66.5 Å². The van der Waals surface area contributed by atoms with E-state index in [1.807, 2.05) is 0 Å². The van der Waals surface area contributed by atoms with Gasteiger partial charge in [-0.05, 0) is 115 Å². The number of rotatable bonds is 10. The number of hydrogen-bond donors (Lipinski definition) is 0. The highest BCUT2D eigenvalue weighted by atomic mass is 16.3. The minimum Gasteiger partial charge on any atom is -0.460 e. The third-order valence-corrected chi connectivity index (χ3v) is 14.2. The van der Waals surface area contributed by atoms with Crippen molar-refractivity contribution in [1.82, 2.24) is 4.57 Å². The van der Waals surface area contributed by atoms with Gasteiger partial charge in [0.15, 0.2) is 0 Å². The molecule has 6 nitrogen and oxygen atoms in total. The second-order valence-electron chi connectivity index (χ2n) is 18.5. The number of nitrogens with zero attached hydrogens (tertiary/aromatic N) is 4. The molecule has 0 saturated carbocycles. The molecule has 342 valence electrons. The summed E-state index contributed by atoms with van der Waals surface area (Å²) in [5.74, 6) is 0.980. The van der Waals surface area contributed by atoms with Crippen LogP contribution in [0.4, 0.5) is 45.5 Å². The van der Waals surface area contributed by atoms with Crippen LogP contribution >= 0.6 is 0 Å². The third kappa shape index (κ3) is 7.03. The van der Waals surface area contributed by atoms with Gasteiger partial charge < -0.3 is 28.1 Å². The number of hydrogen-bond acceptors (Lipinski definition) is 5. The first-order valence-electron chi connectivity index (χ1n) is 24.6. The van der Waals surface area contributed by atoms with Gasteiger partial charge in [-0.2, -0.15) is 0 Å². The lowest BCUT2D eigenvalue weighted by atomic mass is 9.96. The first-order chi connectivity index (χ1) is 35.7. The van der Waals surface area contributed by atoms with E-state index in [0.29, 0.717) is 0 Å². The molecular weight excluding hydrogens is 881 g/mol. The Balaban J connectivity index is 0.908. The van der Waals surface area contributed by atoms with E-state index in [2.05, 4.69) is 280 Å². The lowest BCUT2D eigenvalue weighted by Gasteiger charge is -2.33. The summed E-state index contributed by atoms with van der Waals surface area (Å²) in [6, 6.07) is 88.3. The van der Waals surface area contributed by atoms with E-state index in [4.69, 9.17) is 8.83 Å². The van der Waals surface area contributed by atoms with E-state index in [0.717, 1.165) is 113 Å². The Bertz CT molecular complexity index is 4060. The highest BCUT2D eigenvalue weighted by Crippen LogP contribution is 2.45. The van der Waals surface area contributed by atoms with Crippen LogP contribution < -0.4 is 14.7 Å². The molecule has 0 saturated heterocycles. The monoisotopic (exact) mass is 926 g/mol. The Labute approximate surface area is 416 Å². The highest BCUT2D eigenvalue weighted by Gasteiger charge is 2.28. The average molecular weight is 927 g/mol. The SMILES string of the molecule is C1=CC(N(c2ccccc2)c2ccccc2)Cc2oc3cc(N(c4ccc5c(c4)oc4cc(N(c6ccccc6)c6ccccc6)ccc45)c4ccc5c6ccccc6n(-c6ccccc6)c5c4)ccc3c21. The van der Waals surface area contributed by atoms with E-state index in [9.17, 15) is 0 Å². The van der Waals surface area contributed by atoms with Crippen molar-refractivity contribution in [3.8, 4) is 5.69 Å². The molecule has 0 fully saturated rings. The molecule has 72 heavy (non-hydrogen) atoms. The second kappa shape index (κ2) is 17.2. The van der Waals surface area contributed by atoms with Crippen LogP contribution in [0.1, 0.15) is 11.3 Å². The summed E-state index contributed by atoms with van der Waals surface area (Å²) < 4.78 is 16.2. The van der Waals surface area contributed by atoms with E-state index < -0.39 is 0 Å². The molecule has 1 atom stereocenters. The van der Waals surface area contributed by atoms with Gasteiger partial charge in [0.25, 0.3) is 0 Å². The Morgan fingerprint density at radius 3 is 1.35 bits per heavy atom. The van der Waals surface area contributed by atoms with Gasteiger partial charge in [0, 0.05) is 108 Å². The van der Waals surface area contributed by atoms with Crippen LogP contribution in [-0.4, -0.2) is 10.6 Å². The van der Waals surface area contributed by atoms with Crippen LogP contribution in [0.3, 0.4) is 0 Å². The molecule has 0 bridgehead atoms. The van der Waals surface area contributed by atoms with Crippen molar-refractivity contribution in [2.24, 2.45) is 0 Å². The van der Waals surface area contributed by atoms with Crippen molar-refractivity contribution < 1.29 is 8.83 Å². The molecule has 1 unspecified atom stereocenters. The Morgan fingerprint density at radius 1 is 0.347 bits per heavy atom. The normalized spacial score (nSPS) is 13.3. The summed E-state index contributed by atoms with van der Waals surface area (Å²) in [5.41, 5.74) is 15.4. The first-order valence-corrected chi connectivity index (χ1v) is 24.6. The smallest absolute Gasteiger partial charge is 0.137 e. The molecule has 10 aromatic carbocycles. The molecule has 0 N–H and O–H groups in total. The number of fused-ring (bicyclic) bond motifs is 9. The molecule has 14 rings (SSSR count). The average Bonchev–Trinajstić information content (AvgIpc) is 4.11. The Morgan fingerprint density at radius 2 is 0.778 bits per heavy atom. The van der Waals surface area contributed by atoms with Gasteiger partial charge in [-0.25, -0.2) is 0 Å². The quantitative estimate of drug-likeness (QED) is 0.137. The fraction of sp³-hybridized carbons (Fsp3) is 0.0303. The summed E-state index contributed by atoms with van der Waals surface area (Å²) in [6.45, 7) is 0. The van der Waals surface area contributed by atoms with Gasteiger partial charge in [0.1, 0.15) is 22.5 Å². The summed E-state index contributed by atoms with van der Waals surface area (Å²) in [5, 5.41) is 5.62. The van der Waals surface area contributed by atoms with E-state index in [1.165, 1.54) is 10.8 Å². The molecule has 0 aliphatic heterocycles. The largest absolute Gasteiger partial charge is 0.460 e. The van der Waals surface area contributed by atoms with Crippen molar-refractivity contribution in [2.45, 2.75) is 12.5 Å². The minimum absolute atomic E-state index is 0.0632. The van der Waals surface area contributed by atoms with Crippen LogP contribution in [0.2, 0.25) is 0 Å². The van der Waals surface area contributed by atoms with Crippen molar-refractivity contribution in [2.75, 3.05) is 14.7 Å². The van der Waals surface area contributed by atoms with Crippen molar-refractivity contribution in [3.63, 3.8) is 0 Å². The second-order valence-corrected chi connectivity index (χ2v) is 18.5. The molecule has 3 aromatic heterocycles. The molecule has 3 heterocycles. The summed E-state index contributed by atoms with van der Waals surface area (Å²) >= 11 is 0. The van der Waals surface area contributed by atoms with Gasteiger partial charge in [-0.15, -0.1) is 0 Å². The van der Waals surface area contributed by atoms with E-state index in [1.54, 1.807) is 0 Å². The predicted octanol–water partition coefficient (Wildman–Crippen LogP) is 18.1. The number of furan rings is 2. The van der Waals surface area contributed by atoms with E-state index in [-0.39, 0.29) is 6.04 Å². The highest BCUT2D eigenvalue weighted by molar-refractivity contribution is 6.11. The lowest BCUT2D eigenvalue weighted by Crippen LogP contribution is -2.32. The van der Waals surface area contributed by atoms with E-state index >= 15 is 0 Å². The van der Waals surface area contributed by atoms with Gasteiger partial charge >= 0.3 is 0 Å². The van der Waals surface area contributed by atoms with Crippen LogP contribution in [-0.2, 0) is 6.42 Å². The summed E-state index contributed by atoms with van der Waals surface area (Å²) in [6.07, 6.45) is 5.30. The van der Waals surface area contributed by atoms with Crippen LogP contribution in [0.5, 0.6) is 0 Å². The zero-order valence-corrected chi connectivity index (χ0v) is 39.2. The zero-order valence-electron chi connectivity index (χ0n) is 39.2. The van der Waals surface area contributed by atoms with Gasteiger partial charge in [0.05, 0.1) is 17.1 Å². The van der Waals surface area contributed by atoms with Gasteiger partial charge in [0.2, 0.25) is 0 Å². The Kier molecular flexibility index (Phi) is 9.88. The zero-order chi connectivity index (χ0) is 47.5. The maximum absolute atomic E-state index is 6.97. The molecule has 6 heteroatoms. The maximum atomic E-state index is 6.97. The van der Waals surface area contributed by atoms with Crippen LogP contribution in [0, 0.1) is 0 Å². The molecular formula is C66H46N4O2. The Hall–Kier alpha value is -9.52. The fourth-order valence-corrected chi connectivity index (χ4v) is 11.0. The van der Waals surface area contributed by atoms with Crippen molar-refractivity contribution in [1.29, 1.82) is 0 Å². The summed E-state index contributed by atoms with van der Waals surface area (Å²) in [4.78, 5) is 7.01. The standard InChI is InChI=1S/C66H46N4O2/c1-6-18-45(19-7-1)67(46-20-8-2-9-21-46)51-31-36-57-59-38-33-53(43-65(59)71-63(57)41-51)69(50-30-35-56-55-28-16-17-29-61(55)70(62(56)40-50)49-26-14-5-15-27-49)54-34-39-60-58-37-32-52(42-64(58)72-66(60)44-54)68(47-22-10-3-11-23-47)48-24-12-4-13-25-48/h1-41,43-44,52H,42H2. The molecule has 13 aromatic rings. The number of aromatic nitrogens is 1. The molecule has 0 radical (unpaired) electrons. The number of benzene rings is 10. The molecule has 1 aliphatic carbocycles. The summed E-state index contributed by atoms with van der Waals surface area (Å²) in [7, 11) is 0. The fourth-order valence-electron chi connectivity index (χ4n) is 11.0. The molecule has 0 amide bonds. The minimum atomic E-state index is 0.0632.